The number of aliphatic imine (C=N–C) groups is 1. The van der Waals surface area contributed by atoms with Gasteiger partial charge in [-0.2, -0.15) is 0 Å². The number of carbonyl (C=O) groups excluding carboxylic acids is 1. The van der Waals surface area contributed by atoms with Gasteiger partial charge >= 0.3 is 6.09 Å². The number of alkyl carbamates (subject to hydrolysis) is 1. The minimum Gasteiger partial charge on any atom is -0.444 e. The Bertz CT molecular complexity index is 295. The van der Waals surface area contributed by atoms with Crippen LogP contribution in [0, 0.1) is 5.92 Å². The van der Waals surface area contributed by atoms with Gasteiger partial charge < -0.3 is 21.1 Å². The quantitative estimate of drug-likeness (QED) is 0.520. The number of hydrogen-bond acceptors (Lipinski definition) is 3. The first-order valence-corrected chi connectivity index (χ1v) is 6.11. The van der Waals surface area contributed by atoms with E-state index in [4.69, 9.17) is 10.5 Å². The highest BCUT2D eigenvalue weighted by Gasteiger charge is 2.21. The van der Waals surface area contributed by atoms with Crippen LogP contribution in [0.25, 0.3) is 0 Å². The molecule has 0 aliphatic rings. The molecule has 0 saturated carbocycles. The third-order valence-corrected chi connectivity index (χ3v) is 2.25. The van der Waals surface area contributed by atoms with Crippen LogP contribution in [-0.4, -0.2) is 37.3 Å². The van der Waals surface area contributed by atoms with E-state index in [-0.39, 0.29) is 12.0 Å². The van der Waals surface area contributed by atoms with Crippen molar-refractivity contribution in [3.05, 3.63) is 0 Å². The fourth-order valence-corrected chi connectivity index (χ4v) is 1.21. The molecule has 0 bridgehead atoms. The van der Waals surface area contributed by atoms with Crippen molar-refractivity contribution in [2.75, 3.05) is 13.6 Å². The predicted octanol–water partition coefficient (Wildman–Crippen LogP) is 1.07. The standard InChI is InChI=1S/C12H26N4O2/c1-8(2)9(7-15-10(13)14-6)16-11(17)18-12(3,4)5/h8-9H,7H2,1-6H3,(H,16,17)(H3,13,14,15). The summed E-state index contributed by atoms with van der Waals surface area (Å²) in [5.41, 5.74) is 5.05. The van der Waals surface area contributed by atoms with E-state index < -0.39 is 11.7 Å². The fourth-order valence-electron chi connectivity index (χ4n) is 1.21. The minimum atomic E-state index is -0.497. The van der Waals surface area contributed by atoms with Gasteiger partial charge in [-0.3, -0.25) is 4.99 Å². The van der Waals surface area contributed by atoms with E-state index in [2.05, 4.69) is 15.6 Å². The summed E-state index contributed by atoms with van der Waals surface area (Å²) in [6, 6.07) is -0.0693. The molecule has 0 aliphatic carbocycles. The second-order valence-corrected chi connectivity index (χ2v) is 5.49. The van der Waals surface area contributed by atoms with Crippen molar-refractivity contribution < 1.29 is 9.53 Å². The summed E-state index contributed by atoms with van der Waals surface area (Å²) < 4.78 is 5.21. The summed E-state index contributed by atoms with van der Waals surface area (Å²) in [6.07, 6.45) is -0.421. The molecule has 4 N–H and O–H groups in total. The molecule has 0 aromatic rings. The highest BCUT2D eigenvalue weighted by molar-refractivity contribution is 5.77. The molecule has 106 valence electrons. The average Bonchev–Trinajstić information content (AvgIpc) is 2.20. The summed E-state index contributed by atoms with van der Waals surface area (Å²) in [7, 11) is 1.61. The van der Waals surface area contributed by atoms with Gasteiger partial charge in [0.1, 0.15) is 5.60 Å². The van der Waals surface area contributed by atoms with Crippen molar-refractivity contribution in [1.29, 1.82) is 0 Å². The molecule has 1 atom stereocenters. The predicted molar refractivity (Wildman–Crippen MR) is 73.5 cm³/mol. The van der Waals surface area contributed by atoms with Crippen molar-refractivity contribution in [2.24, 2.45) is 16.6 Å². The van der Waals surface area contributed by atoms with Crippen molar-refractivity contribution in [1.82, 2.24) is 10.6 Å². The Kier molecular flexibility index (Phi) is 6.51. The highest BCUT2D eigenvalue weighted by atomic mass is 16.6. The molecule has 0 heterocycles. The van der Waals surface area contributed by atoms with Gasteiger partial charge in [0.15, 0.2) is 5.96 Å². The number of amides is 1. The van der Waals surface area contributed by atoms with E-state index in [0.717, 1.165) is 0 Å². The summed E-state index contributed by atoms with van der Waals surface area (Å²) in [5.74, 6) is 0.612. The molecule has 1 amide bonds. The summed E-state index contributed by atoms with van der Waals surface area (Å²) >= 11 is 0. The number of rotatable bonds is 4. The van der Waals surface area contributed by atoms with E-state index in [1.54, 1.807) is 7.05 Å². The molecule has 1 unspecified atom stereocenters. The van der Waals surface area contributed by atoms with Crippen LogP contribution in [-0.2, 0) is 4.74 Å². The van der Waals surface area contributed by atoms with Crippen molar-refractivity contribution >= 4 is 12.1 Å². The topological polar surface area (TPSA) is 88.7 Å². The molecule has 0 aliphatic heterocycles. The number of nitrogens with one attached hydrogen (secondary N) is 2. The van der Waals surface area contributed by atoms with E-state index in [1.807, 2.05) is 34.6 Å². The van der Waals surface area contributed by atoms with E-state index in [0.29, 0.717) is 12.5 Å². The molecular formula is C12H26N4O2. The second kappa shape index (κ2) is 7.08. The summed E-state index contributed by atoms with van der Waals surface area (Å²) in [4.78, 5) is 15.5. The molecule has 0 rings (SSSR count). The van der Waals surface area contributed by atoms with Crippen LogP contribution in [0.3, 0.4) is 0 Å². The molecule has 0 spiro atoms. The Hall–Kier alpha value is -1.46. The maximum atomic E-state index is 11.7. The Balaban J connectivity index is 4.32. The Morgan fingerprint density at radius 3 is 2.33 bits per heavy atom. The van der Waals surface area contributed by atoms with Gasteiger partial charge in [0.2, 0.25) is 0 Å². The first-order valence-electron chi connectivity index (χ1n) is 6.11. The van der Waals surface area contributed by atoms with Crippen LogP contribution in [0.15, 0.2) is 4.99 Å². The van der Waals surface area contributed by atoms with E-state index in [1.165, 1.54) is 0 Å². The smallest absolute Gasteiger partial charge is 0.407 e. The normalized spacial score (nSPS) is 14.3. The molecule has 6 nitrogen and oxygen atoms in total. The molecular weight excluding hydrogens is 232 g/mol. The zero-order valence-electron chi connectivity index (χ0n) is 12.2. The Morgan fingerprint density at radius 1 is 1.39 bits per heavy atom. The number of hydrogen-bond donors (Lipinski definition) is 3. The number of nitrogens with zero attached hydrogens (tertiary/aromatic N) is 1. The largest absolute Gasteiger partial charge is 0.444 e. The van der Waals surface area contributed by atoms with Crippen LogP contribution in [0.1, 0.15) is 34.6 Å². The van der Waals surface area contributed by atoms with Crippen molar-refractivity contribution in [3.8, 4) is 0 Å². The molecule has 18 heavy (non-hydrogen) atoms. The van der Waals surface area contributed by atoms with Crippen LogP contribution in [0.4, 0.5) is 4.79 Å². The average molecular weight is 258 g/mol. The maximum Gasteiger partial charge on any atom is 0.407 e. The lowest BCUT2D eigenvalue weighted by atomic mass is 10.0. The molecule has 0 aromatic carbocycles. The number of carbonyl (C=O) groups is 1. The Morgan fingerprint density at radius 2 is 1.94 bits per heavy atom. The summed E-state index contributed by atoms with van der Waals surface area (Å²) in [6.45, 7) is 10.0. The zero-order valence-corrected chi connectivity index (χ0v) is 12.2. The van der Waals surface area contributed by atoms with Gasteiger partial charge in [-0.1, -0.05) is 13.8 Å². The van der Waals surface area contributed by atoms with Gasteiger partial charge in [-0.25, -0.2) is 4.79 Å². The number of ether oxygens (including phenoxy) is 1. The number of nitrogens with two attached hydrogens (primary N) is 1. The molecule has 0 aromatic heterocycles. The van der Waals surface area contributed by atoms with Gasteiger partial charge in [0, 0.05) is 13.6 Å². The van der Waals surface area contributed by atoms with Gasteiger partial charge in [-0.15, -0.1) is 0 Å². The lowest BCUT2D eigenvalue weighted by Crippen LogP contribution is -2.49. The van der Waals surface area contributed by atoms with Crippen LogP contribution in [0.5, 0.6) is 0 Å². The van der Waals surface area contributed by atoms with Gasteiger partial charge in [-0.05, 0) is 26.7 Å². The SMILES string of the molecule is CN=C(N)NCC(NC(=O)OC(C)(C)C)C(C)C. The van der Waals surface area contributed by atoms with E-state index in [9.17, 15) is 4.79 Å². The van der Waals surface area contributed by atoms with Crippen LogP contribution < -0.4 is 16.4 Å². The van der Waals surface area contributed by atoms with Crippen molar-refractivity contribution in [3.63, 3.8) is 0 Å². The number of guanidine groups is 1. The van der Waals surface area contributed by atoms with Gasteiger partial charge in [0.25, 0.3) is 0 Å². The maximum absolute atomic E-state index is 11.7. The lowest BCUT2D eigenvalue weighted by molar-refractivity contribution is 0.0491. The van der Waals surface area contributed by atoms with Crippen LogP contribution in [0.2, 0.25) is 0 Å². The van der Waals surface area contributed by atoms with Crippen LogP contribution >= 0.6 is 0 Å². The van der Waals surface area contributed by atoms with E-state index >= 15 is 0 Å². The molecule has 0 fully saturated rings. The fraction of sp³-hybridized carbons (Fsp3) is 0.833. The highest BCUT2D eigenvalue weighted by Crippen LogP contribution is 2.08. The molecule has 0 saturated heterocycles. The molecule has 6 heteroatoms. The third kappa shape index (κ3) is 7.76. The second-order valence-electron chi connectivity index (χ2n) is 5.49. The minimum absolute atomic E-state index is 0.0693. The van der Waals surface area contributed by atoms with Gasteiger partial charge in [0.05, 0.1) is 6.04 Å². The zero-order chi connectivity index (χ0) is 14.3. The monoisotopic (exact) mass is 258 g/mol. The first-order chi connectivity index (χ1) is 8.15. The lowest BCUT2D eigenvalue weighted by Gasteiger charge is -2.26. The third-order valence-electron chi connectivity index (χ3n) is 2.25. The van der Waals surface area contributed by atoms with Crippen molar-refractivity contribution in [2.45, 2.75) is 46.3 Å². The summed E-state index contributed by atoms with van der Waals surface area (Å²) in [5, 5.41) is 5.76. The Labute approximate surface area is 109 Å². The first kappa shape index (κ1) is 16.5. The molecule has 0 radical (unpaired) electrons.